The highest BCUT2D eigenvalue weighted by molar-refractivity contribution is 7.83. The minimum atomic E-state index is -1.73. The molecule has 1 N–H and O–H groups in total. The van der Waals surface area contributed by atoms with Crippen molar-refractivity contribution in [1.82, 2.24) is 4.72 Å². The minimum Gasteiger partial charge on any atom is -0.451 e. The highest BCUT2D eigenvalue weighted by Gasteiger charge is 2.19. The maximum Gasteiger partial charge on any atom is 0.298 e. The van der Waals surface area contributed by atoms with Gasteiger partial charge in [0, 0.05) is 30.2 Å². The Bertz CT molecular complexity index is 1290. The van der Waals surface area contributed by atoms with Gasteiger partial charge in [0.2, 0.25) is 0 Å². The van der Waals surface area contributed by atoms with E-state index >= 15 is 0 Å². The summed E-state index contributed by atoms with van der Waals surface area (Å²) in [5.74, 6) is -0.353. The predicted molar refractivity (Wildman–Crippen MR) is 144 cm³/mol. The van der Waals surface area contributed by atoms with Gasteiger partial charge in [-0.1, -0.05) is 75.2 Å². The number of hydrogen-bond acceptors (Lipinski definition) is 4. The third kappa shape index (κ3) is 6.01. The molecule has 1 unspecified atom stereocenters. The Morgan fingerprint density at radius 3 is 2.29 bits per heavy atom. The molecule has 1 atom stereocenters. The number of amides is 1. The molecule has 35 heavy (non-hydrogen) atoms. The first-order valence-corrected chi connectivity index (χ1v) is 13.4. The van der Waals surface area contributed by atoms with Crippen LogP contribution in [0.15, 0.2) is 88.2 Å². The molecule has 0 saturated heterocycles. The van der Waals surface area contributed by atoms with Crippen LogP contribution in [0.3, 0.4) is 0 Å². The van der Waals surface area contributed by atoms with Crippen LogP contribution < -0.4 is 9.62 Å². The molecule has 0 spiro atoms. The van der Waals surface area contributed by atoms with Crippen LogP contribution in [0.25, 0.3) is 22.1 Å². The molecule has 182 valence electrons. The van der Waals surface area contributed by atoms with Gasteiger partial charge < -0.3 is 9.32 Å². The standard InChI is InChI=1S/C29H32N2O3S/c1-3-5-18-31(19-6-4-2)24-17-16-23-20-27(34-26(23)21-24)29(32)30-35(33)28-15-11-10-14-25(28)22-12-8-7-9-13-22/h7-17,20-21H,3-6,18-19H2,1-2H3,(H,30,32). The molecule has 0 aliphatic carbocycles. The molecule has 0 fully saturated rings. The average Bonchev–Trinajstić information content (AvgIpc) is 3.33. The Labute approximate surface area is 209 Å². The van der Waals surface area contributed by atoms with E-state index in [2.05, 4.69) is 29.5 Å². The summed E-state index contributed by atoms with van der Waals surface area (Å²) in [5.41, 5.74) is 3.51. The van der Waals surface area contributed by atoms with Crippen LogP contribution >= 0.6 is 0 Å². The van der Waals surface area contributed by atoms with Gasteiger partial charge in [0.05, 0.1) is 4.90 Å². The topological polar surface area (TPSA) is 62.6 Å². The summed E-state index contributed by atoms with van der Waals surface area (Å²) < 4.78 is 21.6. The normalized spacial score (nSPS) is 11.9. The van der Waals surface area contributed by atoms with Crippen molar-refractivity contribution in [2.75, 3.05) is 18.0 Å². The summed E-state index contributed by atoms with van der Waals surface area (Å²) in [6.07, 6.45) is 4.54. The van der Waals surface area contributed by atoms with E-state index in [4.69, 9.17) is 4.42 Å². The van der Waals surface area contributed by atoms with E-state index in [1.165, 1.54) is 0 Å². The van der Waals surface area contributed by atoms with E-state index in [0.717, 1.165) is 61.0 Å². The van der Waals surface area contributed by atoms with Crippen LogP contribution in [0.5, 0.6) is 0 Å². The van der Waals surface area contributed by atoms with Gasteiger partial charge in [0.15, 0.2) is 16.7 Å². The van der Waals surface area contributed by atoms with Gasteiger partial charge in [-0.2, -0.15) is 0 Å². The molecule has 1 aromatic heterocycles. The van der Waals surface area contributed by atoms with Crippen LogP contribution in [-0.4, -0.2) is 23.2 Å². The fourth-order valence-electron chi connectivity index (χ4n) is 4.07. The second-order valence-electron chi connectivity index (χ2n) is 8.59. The molecule has 1 heterocycles. The Balaban J connectivity index is 1.53. The van der Waals surface area contributed by atoms with Crippen LogP contribution in [-0.2, 0) is 11.0 Å². The molecule has 6 heteroatoms. The van der Waals surface area contributed by atoms with Crippen LogP contribution in [0, 0.1) is 0 Å². The smallest absolute Gasteiger partial charge is 0.298 e. The summed E-state index contributed by atoms with van der Waals surface area (Å²) in [5, 5.41) is 0.848. The number of fused-ring (bicyclic) bond motifs is 1. The van der Waals surface area contributed by atoms with Gasteiger partial charge in [-0.15, -0.1) is 0 Å². The number of furan rings is 1. The van der Waals surface area contributed by atoms with E-state index < -0.39 is 16.9 Å². The van der Waals surface area contributed by atoms with Crippen molar-refractivity contribution in [2.24, 2.45) is 0 Å². The number of nitrogens with zero attached hydrogens (tertiary/aromatic N) is 1. The monoisotopic (exact) mass is 488 g/mol. The van der Waals surface area contributed by atoms with Crippen LogP contribution in [0.1, 0.15) is 50.1 Å². The van der Waals surface area contributed by atoms with E-state index in [0.29, 0.717) is 10.5 Å². The molecule has 0 aliphatic heterocycles. The molecule has 4 aromatic rings. The van der Waals surface area contributed by atoms with Crippen molar-refractivity contribution in [3.8, 4) is 11.1 Å². The number of hydrogen-bond donors (Lipinski definition) is 1. The highest BCUT2D eigenvalue weighted by Crippen LogP contribution is 2.28. The summed E-state index contributed by atoms with van der Waals surface area (Å²) in [6.45, 7) is 6.38. The van der Waals surface area contributed by atoms with Crippen molar-refractivity contribution >= 4 is 33.5 Å². The Morgan fingerprint density at radius 1 is 0.886 bits per heavy atom. The zero-order valence-corrected chi connectivity index (χ0v) is 21.1. The molecule has 1 amide bonds. The zero-order valence-electron chi connectivity index (χ0n) is 20.3. The lowest BCUT2D eigenvalue weighted by Crippen LogP contribution is -2.25. The third-order valence-electron chi connectivity index (χ3n) is 6.01. The number of carbonyl (C=O) groups is 1. The van der Waals surface area contributed by atoms with Gasteiger partial charge in [0.1, 0.15) is 5.58 Å². The number of carbonyl (C=O) groups excluding carboxylic acids is 1. The maximum atomic E-state index is 13.1. The first-order valence-electron chi connectivity index (χ1n) is 12.3. The van der Waals surface area contributed by atoms with Crippen LogP contribution in [0.2, 0.25) is 0 Å². The number of benzene rings is 3. The van der Waals surface area contributed by atoms with Gasteiger partial charge in [-0.25, -0.2) is 4.21 Å². The first-order chi connectivity index (χ1) is 17.1. The Morgan fingerprint density at radius 2 is 1.57 bits per heavy atom. The third-order valence-corrected chi connectivity index (χ3v) is 7.14. The molecule has 5 nitrogen and oxygen atoms in total. The highest BCUT2D eigenvalue weighted by atomic mass is 32.2. The largest absolute Gasteiger partial charge is 0.451 e. The second kappa shape index (κ2) is 11.8. The van der Waals surface area contributed by atoms with Gasteiger partial charge >= 0.3 is 0 Å². The molecular formula is C29H32N2O3S. The first kappa shape index (κ1) is 24.7. The molecule has 4 rings (SSSR count). The fourth-order valence-corrected chi connectivity index (χ4v) is 5.04. The van der Waals surface area contributed by atoms with Crippen molar-refractivity contribution in [3.05, 3.63) is 84.6 Å². The molecule has 0 aliphatic rings. The van der Waals surface area contributed by atoms with Crippen molar-refractivity contribution < 1.29 is 13.4 Å². The molecule has 0 saturated carbocycles. The lowest BCUT2D eigenvalue weighted by Gasteiger charge is -2.24. The maximum absolute atomic E-state index is 13.1. The van der Waals surface area contributed by atoms with E-state index in [9.17, 15) is 9.00 Å². The van der Waals surface area contributed by atoms with E-state index in [1.54, 1.807) is 12.1 Å². The molecule has 3 aromatic carbocycles. The van der Waals surface area contributed by atoms with Crippen molar-refractivity contribution in [3.63, 3.8) is 0 Å². The van der Waals surface area contributed by atoms with E-state index in [-0.39, 0.29) is 5.76 Å². The van der Waals surface area contributed by atoms with E-state index in [1.807, 2.05) is 60.7 Å². The Kier molecular flexibility index (Phi) is 8.37. The molecule has 0 bridgehead atoms. The lowest BCUT2D eigenvalue weighted by atomic mass is 10.1. The van der Waals surface area contributed by atoms with Crippen molar-refractivity contribution in [2.45, 2.75) is 44.4 Å². The number of anilines is 1. The number of unbranched alkanes of at least 4 members (excludes halogenated alkanes) is 2. The fraction of sp³-hybridized carbons (Fsp3) is 0.276. The summed E-state index contributed by atoms with van der Waals surface area (Å²) >= 11 is 0. The lowest BCUT2D eigenvalue weighted by molar-refractivity contribution is 0.0958. The van der Waals surface area contributed by atoms with Crippen molar-refractivity contribution in [1.29, 1.82) is 0 Å². The summed E-state index contributed by atoms with van der Waals surface area (Å²) in [7, 11) is -1.73. The molecule has 0 radical (unpaired) electrons. The van der Waals surface area contributed by atoms with Gasteiger partial charge in [-0.3, -0.25) is 9.52 Å². The van der Waals surface area contributed by atoms with Crippen LogP contribution in [0.4, 0.5) is 5.69 Å². The summed E-state index contributed by atoms with van der Waals surface area (Å²) in [4.78, 5) is 15.9. The zero-order chi connectivity index (χ0) is 24.6. The predicted octanol–water partition coefficient (Wildman–Crippen LogP) is 6.96. The second-order valence-corrected chi connectivity index (χ2v) is 9.77. The Hall–Kier alpha value is -3.38. The SMILES string of the molecule is CCCCN(CCCC)c1ccc2cc(C(=O)NS(=O)c3ccccc3-c3ccccc3)oc2c1. The quantitative estimate of drug-likeness (QED) is 0.248. The van der Waals surface area contributed by atoms with Gasteiger partial charge in [0.25, 0.3) is 5.91 Å². The number of rotatable bonds is 11. The molecular weight excluding hydrogens is 456 g/mol. The van der Waals surface area contributed by atoms with Gasteiger partial charge in [-0.05, 0) is 48.2 Å². The summed E-state index contributed by atoms with van der Waals surface area (Å²) in [6, 6.07) is 24.9. The average molecular weight is 489 g/mol. The number of nitrogens with one attached hydrogen (secondary N) is 1. The minimum absolute atomic E-state index is 0.149.